The average molecular weight is 523 g/mol. The number of nitrogens with zero attached hydrogens (tertiary/aromatic N) is 5. The number of aromatic nitrogens is 2. The Labute approximate surface area is 223 Å². The van der Waals surface area contributed by atoms with Gasteiger partial charge >= 0.3 is 0 Å². The first kappa shape index (κ1) is 26.3. The van der Waals surface area contributed by atoms with Gasteiger partial charge in [-0.3, -0.25) is 4.90 Å². The molecule has 0 radical (unpaired) electrons. The topological polar surface area (TPSA) is 56.8 Å². The van der Waals surface area contributed by atoms with Gasteiger partial charge < -0.3 is 19.9 Å². The molecular weight excluding hydrogens is 486 g/mol. The molecule has 2 aliphatic heterocycles. The maximum atomic E-state index is 13.9. The molecule has 2 aliphatic rings. The summed E-state index contributed by atoms with van der Waals surface area (Å²) in [7, 11) is 3.90. The van der Waals surface area contributed by atoms with Gasteiger partial charge in [0.15, 0.2) is 0 Å². The standard InChI is InChI=1S/C29H36F2N6O/c1-35-14-16-36(17-15-35)23-10-12-37(13-11-23)27-9-7-22(18-28(27)38-2)34-29-32-19-21(20-33-29)6-8-24-25(30)4-3-5-26(24)31/h3-5,7,9,18-20,23H,6,8,10-17H2,1-2H3,(H,32,33,34). The third kappa shape index (κ3) is 6.22. The number of hydrogen-bond acceptors (Lipinski definition) is 7. The first-order chi connectivity index (χ1) is 18.5. The second kappa shape index (κ2) is 12.0. The van der Waals surface area contributed by atoms with Crippen molar-refractivity contribution in [2.24, 2.45) is 0 Å². The molecule has 2 fully saturated rings. The van der Waals surface area contributed by atoms with Crippen LogP contribution < -0.4 is 15.0 Å². The Hall–Kier alpha value is -3.30. The minimum Gasteiger partial charge on any atom is -0.495 e. The lowest BCUT2D eigenvalue weighted by Gasteiger charge is -2.42. The number of nitrogens with one attached hydrogen (secondary N) is 1. The monoisotopic (exact) mass is 522 g/mol. The molecule has 202 valence electrons. The summed E-state index contributed by atoms with van der Waals surface area (Å²) in [4.78, 5) is 16.3. The molecule has 0 bridgehead atoms. The number of hydrogen-bond donors (Lipinski definition) is 1. The van der Waals surface area contributed by atoms with Crippen LogP contribution in [0.4, 0.5) is 26.1 Å². The molecule has 2 aromatic carbocycles. The van der Waals surface area contributed by atoms with Crippen molar-refractivity contribution in [1.82, 2.24) is 19.8 Å². The number of piperazine rings is 1. The number of aryl methyl sites for hydroxylation is 1. The summed E-state index contributed by atoms with van der Waals surface area (Å²) in [6, 6.07) is 10.7. The summed E-state index contributed by atoms with van der Waals surface area (Å²) in [5, 5.41) is 3.23. The molecule has 9 heteroatoms. The Balaban J connectivity index is 1.17. The minimum atomic E-state index is -0.527. The molecule has 1 aromatic heterocycles. The number of rotatable bonds is 8. The van der Waals surface area contributed by atoms with E-state index >= 15 is 0 Å². The zero-order chi connectivity index (χ0) is 26.5. The predicted molar refractivity (Wildman–Crippen MR) is 146 cm³/mol. The number of benzene rings is 2. The molecule has 7 nitrogen and oxygen atoms in total. The van der Waals surface area contributed by atoms with E-state index in [2.05, 4.69) is 43.1 Å². The van der Waals surface area contributed by atoms with E-state index in [1.165, 1.54) is 18.2 Å². The van der Waals surface area contributed by atoms with E-state index in [0.29, 0.717) is 18.4 Å². The van der Waals surface area contributed by atoms with Crippen LogP contribution in [-0.4, -0.2) is 79.2 Å². The van der Waals surface area contributed by atoms with Crippen molar-refractivity contribution >= 4 is 17.3 Å². The summed E-state index contributed by atoms with van der Waals surface area (Å²) in [6.45, 7) is 6.67. The summed E-state index contributed by atoms with van der Waals surface area (Å²) < 4.78 is 33.5. The van der Waals surface area contributed by atoms with Gasteiger partial charge in [-0.25, -0.2) is 18.7 Å². The smallest absolute Gasteiger partial charge is 0.227 e. The highest BCUT2D eigenvalue weighted by Gasteiger charge is 2.27. The zero-order valence-electron chi connectivity index (χ0n) is 22.2. The molecule has 0 unspecified atom stereocenters. The van der Waals surface area contributed by atoms with Gasteiger partial charge in [-0.15, -0.1) is 0 Å². The molecule has 38 heavy (non-hydrogen) atoms. The van der Waals surface area contributed by atoms with E-state index in [9.17, 15) is 8.78 Å². The van der Waals surface area contributed by atoms with E-state index in [0.717, 1.165) is 74.8 Å². The number of halogens is 2. The summed E-state index contributed by atoms with van der Waals surface area (Å²) >= 11 is 0. The predicted octanol–water partition coefficient (Wildman–Crippen LogP) is 4.51. The molecule has 5 rings (SSSR count). The lowest BCUT2D eigenvalue weighted by molar-refractivity contribution is 0.0981. The van der Waals surface area contributed by atoms with Crippen LogP contribution in [0.5, 0.6) is 5.75 Å². The van der Waals surface area contributed by atoms with Crippen molar-refractivity contribution in [2.45, 2.75) is 31.7 Å². The van der Waals surface area contributed by atoms with Crippen LogP contribution in [0.1, 0.15) is 24.0 Å². The van der Waals surface area contributed by atoms with Crippen molar-refractivity contribution in [3.63, 3.8) is 0 Å². The highest BCUT2D eigenvalue weighted by Crippen LogP contribution is 2.34. The van der Waals surface area contributed by atoms with Gasteiger partial charge in [0.05, 0.1) is 12.8 Å². The summed E-state index contributed by atoms with van der Waals surface area (Å²) in [5.74, 6) is 0.215. The number of likely N-dealkylation sites (N-methyl/N-ethyl adjacent to an activating group) is 1. The van der Waals surface area contributed by atoms with Crippen LogP contribution in [-0.2, 0) is 12.8 Å². The van der Waals surface area contributed by atoms with Crippen molar-refractivity contribution in [3.05, 3.63) is 71.6 Å². The van der Waals surface area contributed by atoms with Crippen LogP contribution in [0.25, 0.3) is 0 Å². The lowest BCUT2D eigenvalue weighted by atomic mass is 10.0. The largest absolute Gasteiger partial charge is 0.495 e. The molecule has 0 saturated carbocycles. The molecule has 3 aromatic rings. The van der Waals surface area contributed by atoms with Crippen molar-refractivity contribution in [1.29, 1.82) is 0 Å². The van der Waals surface area contributed by atoms with Gasteiger partial charge in [0.2, 0.25) is 5.95 Å². The Morgan fingerprint density at radius 3 is 2.26 bits per heavy atom. The minimum absolute atomic E-state index is 0.0884. The normalized spacial score (nSPS) is 17.5. The number of piperidine rings is 1. The van der Waals surface area contributed by atoms with E-state index in [4.69, 9.17) is 4.74 Å². The Kier molecular flexibility index (Phi) is 8.34. The second-order valence-corrected chi connectivity index (χ2v) is 10.2. The third-order valence-electron chi connectivity index (χ3n) is 7.73. The molecule has 0 spiro atoms. The summed E-state index contributed by atoms with van der Waals surface area (Å²) in [6.07, 6.45) is 6.40. The molecule has 2 saturated heterocycles. The fourth-order valence-corrected chi connectivity index (χ4v) is 5.39. The highest BCUT2D eigenvalue weighted by atomic mass is 19.1. The van der Waals surface area contributed by atoms with E-state index in [1.807, 2.05) is 12.1 Å². The average Bonchev–Trinajstić information content (AvgIpc) is 2.94. The molecule has 1 N–H and O–H groups in total. The fourth-order valence-electron chi connectivity index (χ4n) is 5.39. The van der Waals surface area contributed by atoms with Crippen molar-refractivity contribution in [3.8, 4) is 5.75 Å². The molecule has 3 heterocycles. The summed E-state index contributed by atoms with van der Waals surface area (Å²) in [5.41, 5.74) is 2.84. The SMILES string of the molecule is COc1cc(Nc2ncc(CCc3c(F)cccc3F)cn2)ccc1N1CCC(N2CCN(C)CC2)CC1. The molecular formula is C29H36F2N6O. The Morgan fingerprint density at radius 2 is 1.61 bits per heavy atom. The highest BCUT2D eigenvalue weighted by molar-refractivity contribution is 5.67. The van der Waals surface area contributed by atoms with Crippen LogP contribution >= 0.6 is 0 Å². The molecule has 0 aliphatic carbocycles. The maximum Gasteiger partial charge on any atom is 0.227 e. The van der Waals surface area contributed by atoms with Crippen LogP contribution in [0.2, 0.25) is 0 Å². The quantitative estimate of drug-likeness (QED) is 0.467. The first-order valence-corrected chi connectivity index (χ1v) is 13.4. The fraction of sp³-hybridized carbons (Fsp3) is 0.448. The zero-order valence-corrected chi connectivity index (χ0v) is 22.2. The number of anilines is 3. The van der Waals surface area contributed by atoms with Gasteiger partial charge in [0.25, 0.3) is 0 Å². The molecule has 0 atom stereocenters. The van der Waals surface area contributed by atoms with Gasteiger partial charge in [-0.2, -0.15) is 0 Å². The van der Waals surface area contributed by atoms with Gasteiger partial charge in [-0.05, 0) is 62.6 Å². The number of methoxy groups -OCH3 is 1. The van der Waals surface area contributed by atoms with Gasteiger partial charge in [-0.1, -0.05) is 6.07 Å². The van der Waals surface area contributed by atoms with Crippen LogP contribution in [0, 0.1) is 11.6 Å². The second-order valence-electron chi connectivity index (χ2n) is 10.2. The first-order valence-electron chi connectivity index (χ1n) is 13.4. The van der Waals surface area contributed by atoms with Gasteiger partial charge in [0, 0.05) is 75.0 Å². The van der Waals surface area contributed by atoms with E-state index < -0.39 is 11.6 Å². The van der Waals surface area contributed by atoms with Gasteiger partial charge in [0.1, 0.15) is 17.4 Å². The lowest BCUT2D eigenvalue weighted by Crippen LogP contribution is -2.52. The van der Waals surface area contributed by atoms with Crippen LogP contribution in [0.3, 0.4) is 0 Å². The Bertz CT molecular complexity index is 1190. The van der Waals surface area contributed by atoms with Crippen molar-refractivity contribution in [2.75, 3.05) is 63.6 Å². The van der Waals surface area contributed by atoms with E-state index in [1.54, 1.807) is 19.5 Å². The van der Waals surface area contributed by atoms with E-state index in [-0.39, 0.29) is 12.0 Å². The Morgan fingerprint density at radius 1 is 0.921 bits per heavy atom. The van der Waals surface area contributed by atoms with Crippen LogP contribution in [0.15, 0.2) is 48.8 Å². The maximum absolute atomic E-state index is 13.9. The third-order valence-corrected chi connectivity index (χ3v) is 7.73. The molecule has 0 amide bonds. The number of ether oxygens (including phenoxy) is 1. The van der Waals surface area contributed by atoms with Crippen molar-refractivity contribution < 1.29 is 13.5 Å².